The molecule has 0 spiro atoms. The molecule has 104 valence electrons. The summed E-state index contributed by atoms with van der Waals surface area (Å²) in [6.45, 7) is 5.09. The van der Waals surface area contributed by atoms with Crippen molar-refractivity contribution in [2.24, 2.45) is 0 Å². The lowest BCUT2D eigenvalue weighted by atomic mass is 10.0. The summed E-state index contributed by atoms with van der Waals surface area (Å²) in [4.78, 5) is 24.7. The van der Waals surface area contributed by atoms with E-state index in [4.69, 9.17) is 5.11 Å². The molecule has 1 rings (SSSR count). The number of carboxylic acids is 1. The molecule has 0 saturated heterocycles. The van der Waals surface area contributed by atoms with E-state index in [-0.39, 0.29) is 12.5 Å². The molecule has 0 saturated carbocycles. The predicted octanol–water partition coefficient (Wildman–Crippen LogP) is 3.54. The smallest absolute Gasteiger partial charge is 0.323 e. The van der Waals surface area contributed by atoms with Crippen molar-refractivity contribution in [3.05, 3.63) is 32.7 Å². The highest BCUT2D eigenvalue weighted by atomic mass is 79.9. The molecule has 0 unspecified atom stereocenters. The van der Waals surface area contributed by atoms with E-state index in [0.29, 0.717) is 5.56 Å². The van der Waals surface area contributed by atoms with Crippen LogP contribution in [-0.2, 0) is 4.79 Å². The third kappa shape index (κ3) is 4.62. The zero-order valence-corrected chi connectivity index (χ0v) is 14.1. The number of aliphatic carboxylic acids is 1. The monoisotopic (exact) mass is 391 g/mol. The lowest BCUT2D eigenvalue weighted by Gasteiger charge is -2.34. The van der Waals surface area contributed by atoms with Crippen molar-refractivity contribution in [1.82, 2.24) is 4.90 Å². The van der Waals surface area contributed by atoms with Gasteiger partial charge in [-0.05, 0) is 39.0 Å². The Morgan fingerprint density at radius 2 is 1.63 bits per heavy atom. The number of carbonyl (C=O) groups is 2. The fourth-order valence-electron chi connectivity index (χ4n) is 1.58. The number of nitrogens with zero attached hydrogens (tertiary/aromatic N) is 1. The molecule has 0 fully saturated rings. The molecular weight excluding hydrogens is 378 g/mol. The van der Waals surface area contributed by atoms with Crippen molar-refractivity contribution >= 4 is 43.7 Å². The van der Waals surface area contributed by atoms with Crippen LogP contribution >= 0.6 is 31.9 Å². The van der Waals surface area contributed by atoms with Gasteiger partial charge in [0, 0.05) is 20.0 Å². The van der Waals surface area contributed by atoms with E-state index >= 15 is 0 Å². The Bertz CT molecular complexity index is 489. The highest BCUT2D eigenvalue weighted by Gasteiger charge is 2.29. The highest BCUT2D eigenvalue weighted by molar-refractivity contribution is 9.11. The first-order valence-electron chi connectivity index (χ1n) is 5.61. The van der Waals surface area contributed by atoms with Crippen LogP contribution in [0.3, 0.4) is 0 Å². The number of carboxylic acid groups (broad SMARTS) is 1. The summed E-state index contributed by atoms with van der Waals surface area (Å²) in [7, 11) is 0. The van der Waals surface area contributed by atoms with E-state index in [1.54, 1.807) is 32.9 Å². The number of hydrogen-bond donors (Lipinski definition) is 1. The molecule has 1 aromatic carbocycles. The number of rotatable bonds is 3. The minimum Gasteiger partial charge on any atom is -0.480 e. The fourth-order valence-corrected chi connectivity index (χ4v) is 2.88. The van der Waals surface area contributed by atoms with Crippen LogP contribution in [0.1, 0.15) is 31.1 Å². The van der Waals surface area contributed by atoms with Crippen LogP contribution in [0.25, 0.3) is 0 Å². The van der Waals surface area contributed by atoms with Gasteiger partial charge in [-0.2, -0.15) is 0 Å². The van der Waals surface area contributed by atoms with Crippen LogP contribution < -0.4 is 0 Å². The van der Waals surface area contributed by atoms with E-state index in [9.17, 15) is 9.59 Å². The van der Waals surface area contributed by atoms with Gasteiger partial charge in [-0.25, -0.2) is 0 Å². The highest BCUT2D eigenvalue weighted by Crippen LogP contribution is 2.23. The second kappa shape index (κ2) is 6.05. The molecule has 1 N–H and O–H groups in total. The fraction of sp³-hybridized carbons (Fsp3) is 0.385. The van der Waals surface area contributed by atoms with Crippen LogP contribution in [0.5, 0.6) is 0 Å². The maximum Gasteiger partial charge on any atom is 0.323 e. The van der Waals surface area contributed by atoms with E-state index < -0.39 is 11.5 Å². The van der Waals surface area contributed by atoms with Crippen molar-refractivity contribution in [3.8, 4) is 0 Å². The average molecular weight is 393 g/mol. The van der Waals surface area contributed by atoms with E-state index in [1.165, 1.54) is 4.90 Å². The van der Waals surface area contributed by atoms with E-state index in [2.05, 4.69) is 31.9 Å². The second-order valence-corrected chi connectivity index (χ2v) is 6.95. The largest absolute Gasteiger partial charge is 0.480 e. The van der Waals surface area contributed by atoms with Crippen molar-refractivity contribution in [2.45, 2.75) is 26.3 Å². The first-order chi connectivity index (χ1) is 8.61. The van der Waals surface area contributed by atoms with E-state index in [1.807, 2.05) is 6.07 Å². The molecule has 0 aliphatic carbocycles. The Labute approximate surface area is 129 Å². The predicted molar refractivity (Wildman–Crippen MR) is 80.3 cm³/mol. The Morgan fingerprint density at radius 1 is 1.16 bits per heavy atom. The Kier molecular flexibility index (Phi) is 5.15. The van der Waals surface area contributed by atoms with E-state index in [0.717, 1.165) is 8.95 Å². The summed E-state index contributed by atoms with van der Waals surface area (Å²) in [5, 5.41) is 8.94. The molecule has 0 aromatic heterocycles. The zero-order chi connectivity index (χ0) is 14.8. The molecule has 4 nitrogen and oxygen atoms in total. The summed E-state index contributed by atoms with van der Waals surface area (Å²) < 4.78 is 1.52. The number of amides is 1. The SMILES string of the molecule is CC(C)(C)N(CC(=O)O)C(=O)c1cc(Br)cc(Br)c1. The van der Waals surface area contributed by atoms with Gasteiger partial charge in [0.15, 0.2) is 0 Å². The number of halogens is 2. The summed E-state index contributed by atoms with van der Waals surface area (Å²) >= 11 is 6.63. The quantitative estimate of drug-likeness (QED) is 0.855. The first-order valence-corrected chi connectivity index (χ1v) is 7.19. The summed E-state index contributed by atoms with van der Waals surface area (Å²) in [5.41, 5.74) is -0.123. The van der Waals surface area contributed by atoms with Crippen molar-refractivity contribution in [2.75, 3.05) is 6.54 Å². The third-order valence-corrected chi connectivity index (χ3v) is 3.37. The molecule has 1 aromatic rings. The molecule has 0 atom stereocenters. The lowest BCUT2D eigenvalue weighted by Crippen LogP contribution is -2.48. The van der Waals surface area contributed by atoms with Gasteiger partial charge in [0.2, 0.25) is 0 Å². The first kappa shape index (κ1) is 16.2. The van der Waals surface area contributed by atoms with Gasteiger partial charge in [0.1, 0.15) is 6.54 Å². The minimum atomic E-state index is -1.03. The third-order valence-electron chi connectivity index (χ3n) is 2.46. The van der Waals surface area contributed by atoms with Gasteiger partial charge >= 0.3 is 5.97 Å². The minimum absolute atomic E-state index is 0.308. The van der Waals surface area contributed by atoms with Crippen LogP contribution in [-0.4, -0.2) is 34.0 Å². The zero-order valence-electron chi connectivity index (χ0n) is 10.9. The number of carbonyl (C=O) groups excluding carboxylic acids is 1. The Balaban J connectivity index is 3.15. The van der Waals surface area contributed by atoms with Crippen LogP contribution in [0.15, 0.2) is 27.1 Å². The van der Waals surface area contributed by atoms with Gasteiger partial charge in [0.25, 0.3) is 5.91 Å². The van der Waals surface area contributed by atoms with Gasteiger partial charge in [0.05, 0.1) is 0 Å². The van der Waals surface area contributed by atoms with Crippen molar-refractivity contribution in [3.63, 3.8) is 0 Å². The van der Waals surface area contributed by atoms with Gasteiger partial charge < -0.3 is 10.0 Å². The molecule has 19 heavy (non-hydrogen) atoms. The molecule has 0 aliphatic heterocycles. The van der Waals surface area contributed by atoms with Crippen LogP contribution in [0.4, 0.5) is 0 Å². The summed E-state index contributed by atoms with van der Waals surface area (Å²) in [6, 6.07) is 5.16. The number of benzene rings is 1. The molecule has 6 heteroatoms. The molecule has 0 bridgehead atoms. The van der Waals surface area contributed by atoms with Gasteiger partial charge in [-0.1, -0.05) is 31.9 Å². The molecular formula is C13H15Br2NO3. The normalized spacial score (nSPS) is 11.2. The van der Waals surface area contributed by atoms with Crippen LogP contribution in [0, 0.1) is 0 Å². The standard InChI is InChI=1S/C13H15Br2NO3/c1-13(2,3)16(7-11(17)18)12(19)8-4-9(14)6-10(15)5-8/h4-6H,7H2,1-3H3,(H,17,18). The topological polar surface area (TPSA) is 57.6 Å². The summed E-state index contributed by atoms with van der Waals surface area (Å²) in [5.74, 6) is -1.34. The maximum atomic E-state index is 12.5. The van der Waals surface area contributed by atoms with Gasteiger partial charge in [-0.15, -0.1) is 0 Å². The number of hydrogen-bond acceptors (Lipinski definition) is 2. The molecule has 0 radical (unpaired) electrons. The maximum absolute atomic E-state index is 12.5. The van der Waals surface area contributed by atoms with Gasteiger partial charge in [-0.3, -0.25) is 9.59 Å². The lowest BCUT2D eigenvalue weighted by molar-refractivity contribution is -0.138. The second-order valence-electron chi connectivity index (χ2n) is 5.11. The molecule has 0 aliphatic rings. The molecule has 1 amide bonds. The van der Waals surface area contributed by atoms with Crippen LogP contribution in [0.2, 0.25) is 0 Å². The van der Waals surface area contributed by atoms with Crippen molar-refractivity contribution < 1.29 is 14.7 Å². The Hall–Kier alpha value is -0.880. The van der Waals surface area contributed by atoms with Crippen molar-refractivity contribution in [1.29, 1.82) is 0 Å². The Morgan fingerprint density at radius 3 is 2.00 bits per heavy atom. The molecule has 0 heterocycles. The average Bonchev–Trinajstić information content (AvgIpc) is 2.21. The summed E-state index contributed by atoms with van der Waals surface area (Å²) in [6.07, 6.45) is 0.